The first-order chi connectivity index (χ1) is 12.2. The molecule has 25 heavy (non-hydrogen) atoms. The van der Waals surface area contributed by atoms with Crippen molar-refractivity contribution in [3.63, 3.8) is 0 Å². The lowest BCUT2D eigenvalue weighted by Gasteiger charge is -2.29. The Morgan fingerprint density at radius 2 is 2.20 bits per heavy atom. The molecule has 1 aromatic carbocycles. The maximum Gasteiger partial charge on any atom is 0.228 e. The Hall–Kier alpha value is -2.70. The molecule has 130 valence electrons. The summed E-state index contributed by atoms with van der Waals surface area (Å²) in [5.74, 6) is 1.32. The number of aryl methyl sites for hydroxylation is 2. The van der Waals surface area contributed by atoms with E-state index in [0.29, 0.717) is 6.54 Å². The van der Waals surface area contributed by atoms with Gasteiger partial charge in [-0.3, -0.25) is 9.59 Å². The topological polar surface area (TPSA) is 88.9 Å². The highest BCUT2D eigenvalue weighted by Gasteiger charge is 2.32. The van der Waals surface area contributed by atoms with Gasteiger partial charge in [-0.25, -0.2) is 0 Å². The summed E-state index contributed by atoms with van der Waals surface area (Å²) in [6.07, 6.45) is 2.66. The van der Waals surface area contributed by atoms with Gasteiger partial charge >= 0.3 is 0 Å². The van der Waals surface area contributed by atoms with Gasteiger partial charge in [0, 0.05) is 37.5 Å². The predicted molar refractivity (Wildman–Crippen MR) is 92.1 cm³/mol. The van der Waals surface area contributed by atoms with Gasteiger partial charge in [0.1, 0.15) is 11.6 Å². The molecule has 0 unspecified atom stereocenters. The summed E-state index contributed by atoms with van der Waals surface area (Å²) in [6, 6.07) is 7.55. The summed E-state index contributed by atoms with van der Waals surface area (Å²) in [6.45, 7) is 2.74. The molecule has 7 heteroatoms. The highest BCUT2D eigenvalue weighted by molar-refractivity contribution is 6.01. The first kappa shape index (κ1) is 15.8. The quantitative estimate of drug-likeness (QED) is 0.884. The van der Waals surface area contributed by atoms with E-state index in [-0.39, 0.29) is 24.3 Å². The predicted octanol–water partition coefficient (Wildman–Crippen LogP) is 1.40. The van der Waals surface area contributed by atoms with Crippen LogP contribution in [0.2, 0.25) is 0 Å². The zero-order chi connectivity index (χ0) is 17.4. The Balaban J connectivity index is 1.51. The van der Waals surface area contributed by atoms with Gasteiger partial charge in [-0.05, 0) is 18.1 Å². The van der Waals surface area contributed by atoms with Crippen LogP contribution in [-0.4, -0.2) is 32.6 Å². The van der Waals surface area contributed by atoms with E-state index in [2.05, 4.69) is 32.3 Å². The van der Waals surface area contributed by atoms with Crippen molar-refractivity contribution in [2.45, 2.75) is 51.1 Å². The van der Waals surface area contributed by atoms with E-state index in [9.17, 15) is 9.59 Å². The minimum absolute atomic E-state index is 0.0402. The molecule has 2 aromatic rings. The molecule has 2 atom stereocenters. The van der Waals surface area contributed by atoms with Crippen molar-refractivity contribution in [2.24, 2.45) is 0 Å². The van der Waals surface area contributed by atoms with Crippen LogP contribution in [-0.2, 0) is 29.0 Å². The smallest absolute Gasteiger partial charge is 0.228 e. The van der Waals surface area contributed by atoms with E-state index in [4.69, 9.17) is 0 Å². The Labute approximate surface area is 145 Å². The van der Waals surface area contributed by atoms with Crippen molar-refractivity contribution < 1.29 is 9.59 Å². The number of amides is 2. The second-order valence-corrected chi connectivity index (χ2v) is 6.63. The zero-order valence-corrected chi connectivity index (χ0v) is 14.2. The number of carbonyl (C=O) groups is 2. The van der Waals surface area contributed by atoms with Crippen molar-refractivity contribution >= 4 is 17.5 Å². The van der Waals surface area contributed by atoms with Crippen molar-refractivity contribution in [1.82, 2.24) is 20.1 Å². The molecule has 0 saturated heterocycles. The summed E-state index contributed by atoms with van der Waals surface area (Å²) in [5, 5.41) is 14.4. The van der Waals surface area contributed by atoms with Crippen LogP contribution in [0.4, 0.5) is 5.69 Å². The summed E-state index contributed by atoms with van der Waals surface area (Å²) in [4.78, 5) is 24.8. The third-order valence-electron chi connectivity index (χ3n) is 5.00. The highest BCUT2D eigenvalue weighted by Crippen LogP contribution is 2.32. The van der Waals surface area contributed by atoms with Gasteiger partial charge in [0.15, 0.2) is 0 Å². The van der Waals surface area contributed by atoms with Crippen molar-refractivity contribution in [3.8, 4) is 0 Å². The van der Waals surface area contributed by atoms with Crippen LogP contribution in [0.15, 0.2) is 24.3 Å². The van der Waals surface area contributed by atoms with E-state index in [1.807, 2.05) is 24.3 Å². The highest BCUT2D eigenvalue weighted by atomic mass is 16.2. The number of rotatable bonds is 3. The fourth-order valence-corrected chi connectivity index (χ4v) is 3.71. The monoisotopic (exact) mass is 339 g/mol. The molecule has 0 aliphatic carbocycles. The molecule has 0 bridgehead atoms. The van der Waals surface area contributed by atoms with Crippen LogP contribution in [0.25, 0.3) is 0 Å². The van der Waals surface area contributed by atoms with Crippen LogP contribution in [0, 0.1) is 0 Å². The number of aromatic nitrogens is 3. The van der Waals surface area contributed by atoms with Gasteiger partial charge in [-0.1, -0.05) is 25.1 Å². The first-order valence-corrected chi connectivity index (χ1v) is 8.75. The molecular formula is C18H21N5O2. The second-order valence-electron chi connectivity index (χ2n) is 6.63. The van der Waals surface area contributed by atoms with Crippen LogP contribution >= 0.6 is 0 Å². The van der Waals surface area contributed by atoms with E-state index in [1.165, 1.54) is 0 Å². The lowest BCUT2D eigenvalue weighted by atomic mass is 9.89. The van der Waals surface area contributed by atoms with E-state index in [0.717, 1.165) is 42.2 Å². The molecule has 0 radical (unpaired) electrons. The van der Waals surface area contributed by atoms with Gasteiger partial charge in [0.25, 0.3) is 0 Å². The van der Waals surface area contributed by atoms with Gasteiger partial charge < -0.3 is 15.2 Å². The first-order valence-electron chi connectivity index (χ1n) is 8.75. The normalized spacial score (nSPS) is 21.9. The number of hydrogen-bond acceptors (Lipinski definition) is 4. The number of benzene rings is 1. The number of nitrogens with one attached hydrogen (secondary N) is 2. The molecule has 7 nitrogen and oxygen atoms in total. The van der Waals surface area contributed by atoms with Gasteiger partial charge in [-0.15, -0.1) is 10.2 Å². The zero-order valence-electron chi connectivity index (χ0n) is 14.2. The maximum absolute atomic E-state index is 12.8. The summed E-state index contributed by atoms with van der Waals surface area (Å²) in [5.41, 5.74) is 1.62. The number of anilines is 1. The van der Waals surface area contributed by atoms with Crippen LogP contribution in [0.5, 0.6) is 0 Å². The van der Waals surface area contributed by atoms with Gasteiger partial charge in [-0.2, -0.15) is 0 Å². The Morgan fingerprint density at radius 1 is 1.36 bits per heavy atom. The van der Waals surface area contributed by atoms with Crippen molar-refractivity contribution in [1.29, 1.82) is 0 Å². The molecule has 0 spiro atoms. The lowest BCUT2D eigenvalue weighted by Crippen LogP contribution is -2.44. The average molecular weight is 339 g/mol. The van der Waals surface area contributed by atoms with Crippen LogP contribution in [0.3, 0.4) is 0 Å². The average Bonchev–Trinajstić information content (AvgIpc) is 3.03. The summed E-state index contributed by atoms with van der Waals surface area (Å²) >= 11 is 0. The fourth-order valence-electron chi connectivity index (χ4n) is 3.71. The molecule has 0 saturated carbocycles. The summed E-state index contributed by atoms with van der Waals surface area (Å²) in [7, 11) is 0. The minimum atomic E-state index is -0.432. The largest absolute Gasteiger partial charge is 0.351 e. The van der Waals surface area contributed by atoms with E-state index in [1.54, 1.807) is 0 Å². The van der Waals surface area contributed by atoms with Crippen LogP contribution in [0.1, 0.15) is 42.9 Å². The third kappa shape index (κ3) is 2.90. The SMILES string of the molecule is CCc1nnc2n1C[C@@H](NC(=O)[C@@H]1CC(=O)Nc3ccccc31)CC2. The number of hydrogen-bond donors (Lipinski definition) is 2. The van der Waals surface area contributed by atoms with E-state index >= 15 is 0 Å². The number of fused-ring (bicyclic) bond motifs is 2. The summed E-state index contributed by atoms with van der Waals surface area (Å²) < 4.78 is 2.11. The molecular weight excluding hydrogens is 318 g/mol. The minimum Gasteiger partial charge on any atom is -0.351 e. The van der Waals surface area contributed by atoms with Gasteiger partial charge in [0.2, 0.25) is 11.8 Å². The molecule has 2 N–H and O–H groups in total. The molecule has 2 aliphatic heterocycles. The molecule has 4 rings (SSSR count). The fraction of sp³-hybridized carbons (Fsp3) is 0.444. The van der Waals surface area contributed by atoms with E-state index < -0.39 is 5.92 Å². The number of nitrogens with zero attached hydrogens (tertiary/aromatic N) is 3. The Morgan fingerprint density at radius 3 is 3.04 bits per heavy atom. The lowest BCUT2D eigenvalue weighted by molar-refractivity contribution is -0.127. The Kier molecular flexibility index (Phi) is 3.99. The number of para-hydroxylation sites is 1. The molecule has 0 fully saturated rings. The molecule has 2 aliphatic rings. The van der Waals surface area contributed by atoms with Crippen LogP contribution < -0.4 is 10.6 Å². The standard InChI is InChI=1S/C18H21N5O2/c1-2-15-21-22-16-8-7-11(10-23(15)16)19-18(25)13-9-17(24)20-14-6-4-3-5-12(13)14/h3-6,11,13H,2,7-10H2,1H3,(H,19,25)(H,20,24)/t11-,13+/m0/s1. The second kappa shape index (κ2) is 6.31. The molecule has 2 amide bonds. The third-order valence-corrected chi connectivity index (χ3v) is 5.00. The maximum atomic E-state index is 12.8. The van der Waals surface area contributed by atoms with Crippen molar-refractivity contribution in [2.75, 3.05) is 5.32 Å². The van der Waals surface area contributed by atoms with Crippen molar-refractivity contribution in [3.05, 3.63) is 41.5 Å². The number of carbonyl (C=O) groups excluding carboxylic acids is 2. The molecule has 3 heterocycles. The van der Waals surface area contributed by atoms with Gasteiger partial charge in [0.05, 0.1) is 5.92 Å². The molecule has 1 aromatic heterocycles. The Bertz CT molecular complexity index is 815.